The van der Waals surface area contributed by atoms with Crippen LogP contribution in [0.5, 0.6) is 0 Å². The Balaban J connectivity index is 1.31. The first kappa shape index (κ1) is 25.3. The number of amides is 1. The van der Waals surface area contributed by atoms with Crippen molar-refractivity contribution in [1.29, 1.82) is 0 Å². The SMILES string of the molecule is C#Cc1cnc(NCc2ccc(-c3cnc4n[nH]c(N)c4c3)cc2)c(C(=O)N[C@@H](C)c2ccc(F)c(F)c2)n1. The fourth-order valence-electron chi connectivity index (χ4n) is 3.95. The van der Waals surface area contributed by atoms with E-state index in [1.165, 1.54) is 12.3 Å². The number of H-pyrrole nitrogens is 1. The molecule has 5 aromatic rings. The number of hydrogen-bond acceptors (Lipinski definition) is 7. The van der Waals surface area contributed by atoms with Crippen molar-refractivity contribution in [2.24, 2.45) is 0 Å². The summed E-state index contributed by atoms with van der Waals surface area (Å²) in [5.74, 6) is 0.498. The van der Waals surface area contributed by atoms with E-state index < -0.39 is 23.6 Å². The quantitative estimate of drug-likeness (QED) is 0.232. The minimum Gasteiger partial charge on any atom is -0.384 e. The molecule has 39 heavy (non-hydrogen) atoms. The van der Waals surface area contributed by atoms with E-state index in [1.807, 2.05) is 30.3 Å². The molecule has 11 heteroatoms. The Morgan fingerprint density at radius 3 is 2.62 bits per heavy atom. The molecule has 1 amide bonds. The van der Waals surface area contributed by atoms with Crippen molar-refractivity contribution in [3.8, 4) is 23.5 Å². The Labute approximate surface area is 221 Å². The van der Waals surface area contributed by atoms with Crippen LogP contribution in [0.4, 0.5) is 20.4 Å². The van der Waals surface area contributed by atoms with Gasteiger partial charge in [-0.3, -0.25) is 9.89 Å². The zero-order valence-corrected chi connectivity index (χ0v) is 20.7. The molecule has 3 aromatic heterocycles. The number of nitrogen functional groups attached to an aromatic ring is 1. The summed E-state index contributed by atoms with van der Waals surface area (Å²) in [4.78, 5) is 25.9. The molecule has 0 radical (unpaired) electrons. The van der Waals surface area contributed by atoms with Gasteiger partial charge in [0.15, 0.2) is 28.8 Å². The average Bonchev–Trinajstić information content (AvgIpc) is 3.33. The zero-order valence-electron chi connectivity index (χ0n) is 20.7. The molecule has 194 valence electrons. The van der Waals surface area contributed by atoms with Crippen LogP contribution in [0.1, 0.15) is 40.3 Å². The summed E-state index contributed by atoms with van der Waals surface area (Å²) >= 11 is 0. The molecule has 5 rings (SSSR count). The number of aromatic nitrogens is 5. The Hall–Kier alpha value is -5.37. The Kier molecular flexibility index (Phi) is 6.84. The number of aromatic amines is 1. The number of rotatable bonds is 7. The van der Waals surface area contributed by atoms with Crippen molar-refractivity contribution in [3.63, 3.8) is 0 Å². The van der Waals surface area contributed by atoms with Gasteiger partial charge in [0.1, 0.15) is 11.5 Å². The average molecular weight is 525 g/mol. The monoisotopic (exact) mass is 524 g/mol. The number of nitrogens with two attached hydrogens (primary N) is 1. The maximum atomic E-state index is 13.7. The van der Waals surface area contributed by atoms with E-state index in [-0.39, 0.29) is 17.2 Å². The number of nitrogens with zero attached hydrogens (tertiary/aromatic N) is 4. The van der Waals surface area contributed by atoms with Gasteiger partial charge in [-0.15, -0.1) is 6.42 Å². The molecule has 0 aliphatic carbocycles. The lowest BCUT2D eigenvalue weighted by Gasteiger charge is -2.16. The van der Waals surface area contributed by atoms with Crippen molar-refractivity contribution in [2.45, 2.75) is 19.5 Å². The predicted molar refractivity (Wildman–Crippen MR) is 143 cm³/mol. The topological polar surface area (TPSA) is 134 Å². The minimum atomic E-state index is -1.00. The van der Waals surface area contributed by atoms with Gasteiger partial charge in [0.2, 0.25) is 0 Å². The number of hydrogen-bond donors (Lipinski definition) is 4. The van der Waals surface area contributed by atoms with Gasteiger partial charge in [0.05, 0.1) is 17.6 Å². The lowest BCUT2D eigenvalue weighted by molar-refractivity contribution is 0.0935. The molecule has 3 heterocycles. The molecule has 0 spiro atoms. The first-order valence-corrected chi connectivity index (χ1v) is 11.8. The summed E-state index contributed by atoms with van der Waals surface area (Å²) in [5, 5.41) is 13.4. The normalized spacial score (nSPS) is 11.6. The molecular weight excluding hydrogens is 502 g/mol. The van der Waals surface area contributed by atoms with E-state index in [9.17, 15) is 13.6 Å². The van der Waals surface area contributed by atoms with E-state index in [4.69, 9.17) is 12.2 Å². The maximum absolute atomic E-state index is 13.7. The van der Waals surface area contributed by atoms with Gasteiger partial charge in [-0.05, 0) is 47.7 Å². The van der Waals surface area contributed by atoms with Crippen LogP contribution in [0.25, 0.3) is 22.2 Å². The van der Waals surface area contributed by atoms with Crippen LogP contribution in [0.2, 0.25) is 0 Å². The molecule has 0 aliphatic heterocycles. The first-order chi connectivity index (χ1) is 18.8. The second-order valence-electron chi connectivity index (χ2n) is 8.75. The number of carbonyl (C=O) groups is 1. The van der Waals surface area contributed by atoms with Gasteiger partial charge in [-0.2, -0.15) is 5.10 Å². The Morgan fingerprint density at radius 1 is 1.08 bits per heavy atom. The lowest BCUT2D eigenvalue weighted by atomic mass is 10.0. The number of halogens is 2. The third-order valence-corrected chi connectivity index (χ3v) is 6.11. The number of fused-ring (bicyclic) bond motifs is 1. The summed E-state index contributed by atoms with van der Waals surface area (Å²) in [6, 6.07) is 12.5. The number of benzene rings is 2. The van der Waals surface area contributed by atoms with Gasteiger partial charge in [-0.1, -0.05) is 30.3 Å². The smallest absolute Gasteiger partial charge is 0.274 e. The Bertz CT molecular complexity index is 1730. The molecule has 0 unspecified atom stereocenters. The second kappa shape index (κ2) is 10.5. The van der Waals surface area contributed by atoms with Gasteiger partial charge in [-0.25, -0.2) is 23.7 Å². The summed E-state index contributed by atoms with van der Waals surface area (Å²) in [6.45, 7) is 1.99. The second-order valence-corrected chi connectivity index (χ2v) is 8.75. The van der Waals surface area contributed by atoms with Crippen LogP contribution < -0.4 is 16.4 Å². The number of carbonyl (C=O) groups excluding carboxylic acids is 1. The van der Waals surface area contributed by atoms with Crippen LogP contribution in [0.3, 0.4) is 0 Å². The summed E-state index contributed by atoms with van der Waals surface area (Å²) in [5.41, 5.74) is 9.76. The number of pyridine rings is 1. The summed E-state index contributed by atoms with van der Waals surface area (Å²) in [7, 11) is 0. The third kappa shape index (κ3) is 5.35. The number of anilines is 2. The van der Waals surface area contributed by atoms with Gasteiger partial charge < -0.3 is 16.4 Å². The maximum Gasteiger partial charge on any atom is 0.274 e. The molecule has 9 nitrogen and oxygen atoms in total. The largest absolute Gasteiger partial charge is 0.384 e. The molecule has 0 saturated carbocycles. The van der Waals surface area contributed by atoms with Crippen molar-refractivity contribution in [3.05, 3.63) is 95.1 Å². The van der Waals surface area contributed by atoms with Crippen LogP contribution >= 0.6 is 0 Å². The molecule has 5 N–H and O–H groups in total. The number of terminal acetylenes is 1. The highest BCUT2D eigenvalue weighted by Gasteiger charge is 2.19. The van der Waals surface area contributed by atoms with Crippen LogP contribution in [-0.2, 0) is 6.54 Å². The standard InChI is InChI=1S/C28H22F2N8O/c1-3-20-14-34-27(24(36-20)28(39)35-15(2)18-8-9-22(29)23(30)11-18)32-12-16-4-6-17(7-5-16)19-10-21-25(31)37-38-26(21)33-13-19/h1,4-11,13-15H,12H2,2H3,(H,32,34)(H,35,39)(H3,31,33,37,38)/t15-/m0/s1. The zero-order chi connectivity index (χ0) is 27.5. The molecule has 2 aromatic carbocycles. The molecular formula is C28H22F2N8O. The van der Waals surface area contributed by atoms with Crippen LogP contribution in [0, 0.1) is 24.0 Å². The van der Waals surface area contributed by atoms with Gasteiger partial charge in [0, 0.05) is 18.3 Å². The molecule has 1 atom stereocenters. The highest BCUT2D eigenvalue weighted by atomic mass is 19.2. The molecule has 0 fully saturated rings. The van der Waals surface area contributed by atoms with E-state index in [0.29, 0.717) is 23.6 Å². The van der Waals surface area contributed by atoms with E-state index in [2.05, 4.69) is 41.7 Å². The summed E-state index contributed by atoms with van der Waals surface area (Å²) in [6.07, 6.45) is 8.56. The predicted octanol–water partition coefficient (Wildman–Crippen LogP) is 4.36. The van der Waals surface area contributed by atoms with Crippen molar-refractivity contribution >= 4 is 28.6 Å². The molecule has 0 saturated heterocycles. The van der Waals surface area contributed by atoms with Crippen LogP contribution in [0.15, 0.2) is 60.9 Å². The van der Waals surface area contributed by atoms with Crippen LogP contribution in [-0.4, -0.2) is 31.1 Å². The number of nitrogens with one attached hydrogen (secondary N) is 3. The minimum absolute atomic E-state index is 0.0198. The molecule has 0 bridgehead atoms. The highest BCUT2D eigenvalue weighted by Crippen LogP contribution is 2.25. The Morgan fingerprint density at radius 2 is 1.87 bits per heavy atom. The van der Waals surface area contributed by atoms with E-state index >= 15 is 0 Å². The fraction of sp³-hybridized carbons (Fsp3) is 0.107. The van der Waals surface area contributed by atoms with Gasteiger partial charge in [0.25, 0.3) is 5.91 Å². The van der Waals surface area contributed by atoms with Crippen molar-refractivity contribution in [1.82, 2.24) is 30.5 Å². The lowest BCUT2D eigenvalue weighted by Crippen LogP contribution is -2.29. The highest BCUT2D eigenvalue weighted by molar-refractivity contribution is 5.97. The van der Waals surface area contributed by atoms with Crippen molar-refractivity contribution < 1.29 is 13.6 Å². The first-order valence-electron chi connectivity index (χ1n) is 11.8. The van der Waals surface area contributed by atoms with E-state index in [1.54, 1.807) is 13.1 Å². The third-order valence-electron chi connectivity index (χ3n) is 6.11. The summed E-state index contributed by atoms with van der Waals surface area (Å²) < 4.78 is 27.0. The van der Waals surface area contributed by atoms with Gasteiger partial charge >= 0.3 is 0 Å². The van der Waals surface area contributed by atoms with E-state index in [0.717, 1.165) is 34.2 Å². The molecule has 0 aliphatic rings. The fourth-order valence-corrected chi connectivity index (χ4v) is 3.95. The van der Waals surface area contributed by atoms with Crippen molar-refractivity contribution in [2.75, 3.05) is 11.1 Å².